The molecule has 0 aliphatic carbocycles. The Morgan fingerprint density at radius 2 is 1.70 bits per heavy atom. The summed E-state index contributed by atoms with van der Waals surface area (Å²) in [6, 6.07) is 0.795. The third-order valence-electron chi connectivity index (χ3n) is 5.03. The monoisotopic (exact) mass is 281 g/mol. The van der Waals surface area contributed by atoms with E-state index < -0.39 is 0 Å². The van der Waals surface area contributed by atoms with Crippen molar-refractivity contribution in [1.82, 2.24) is 4.90 Å². The highest BCUT2D eigenvalue weighted by Gasteiger charge is 2.34. The van der Waals surface area contributed by atoms with Gasteiger partial charge in [-0.1, -0.05) is 27.7 Å². The summed E-state index contributed by atoms with van der Waals surface area (Å²) in [5.74, 6) is 2.59. The molecular formula is C17H33N2O+. The predicted octanol–water partition coefficient (Wildman–Crippen LogP) is 1.58. The molecule has 2 rings (SSSR count). The molecule has 2 fully saturated rings. The average Bonchev–Trinajstić information content (AvgIpc) is 2.37. The molecule has 2 heterocycles. The fraction of sp³-hybridized carbons (Fsp3) is 0.941. The number of carbonyl (C=O) groups excluding carboxylic acids is 1. The lowest BCUT2D eigenvalue weighted by molar-refractivity contribution is -0.938. The molecule has 3 atom stereocenters. The highest BCUT2D eigenvalue weighted by Crippen LogP contribution is 2.16. The van der Waals surface area contributed by atoms with Crippen molar-refractivity contribution in [2.24, 2.45) is 17.8 Å². The molecule has 3 heteroatoms. The number of quaternary nitrogens is 1. The van der Waals surface area contributed by atoms with Gasteiger partial charge in [-0.15, -0.1) is 0 Å². The number of nitrogens with zero attached hydrogens (tertiary/aromatic N) is 1. The summed E-state index contributed by atoms with van der Waals surface area (Å²) in [6.07, 6.45) is 4.53. The normalized spacial score (nSPS) is 32.6. The Morgan fingerprint density at radius 1 is 1.15 bits per heavy atom. The fourth-order valence-electron chi connectivity index (χ4n) is 4.18. The van der Waals surface area contributed by atoms with Crippen molar-refractivity contribution in [3.63, 3.8) is 0 Å². The van der Waals surface area contributed by atoms with E-state index in [0.29, 0.717) is 11.8 Å². The quantitative estimate of drug-likeness (QED) is 0.835. The topological polar surface area (TPSA) is 24.8 Å². The first kappa shape index (κ1) is 15.8. The lowest BCUT2D eigenvalue weighted by Crippen LogP contribution is -3.18. The van der Waals surface area contributed by atoms with Crippen LogP contribution in [0.1, 0.15) is 53.4 Å². The maximum Gasteiger partial charge on any atom is 0.222 e. The number of piperidine rings is 2. The molecule has 0 spiro atoms. The van der Waals surface area contributed by atoms with E-state index in [-0.39, 0.29) is 0 Å². The molecule has 3 nitrogen and oxygen atoms in total. The van der Waals surface area contributed by atoms with Crippen LogP contribution < -0.4 is 4.90 Å². The van der Waals surface area contributed by atoms with Gasteiger partial charge in [0, 0.05) is 44.2 Å². The minimum Gasteiger partial charge on any atom is -0.342 e. The Bertz CT molecular complexity index is 311. The van der Waals surface area contributed by atoms with Gasteiger partial charge in [-0.2, -0.15) is 0 Å². The van der Waals surface area contributed by atoms with Gasteiger partial charge in [-0.05, 0) is 12.3 Å². The van der Waals surface area contributed by atoms with Gasteiger partial charge in [0.05, 0.1) is 19.1 Å². The van der Waals surface area contributed by atoms with Crippen molar-refractivity contribution < 1.29 is 9.69 Å². The molecule has 0 aromatic heterocycles. The van der Waals surface area contributed by atoms with Crippen LogP contribution in [0.4, 0.5) is 0 Å². The summed E-state index contributed by atoms with van der Waals surface area (Å²) in [7, 11) is 0. The molecule has 116 valence electrons. The minimum atomic E-state index is 0.369. The van der Waals surface area contributed by atoms with Gasteiger partial charge in [0.2, 0.25) is 5.91 Å². The maximum absolute atomic E-state index is 12.1. The summed E-state index contributed by atoms with van der Waals surface area (Å²) in [5, 5.41) is 0. The smallest absolute Gasteiger partial charge is 0.222 e. The summed E-state index contributed by atoms with van der Waals surface area (Å²) in [4.78, 5) is 16.0. The molecule has 0 saturated carbocycles. The van der Waals surface area contributed by atoms with Crippen LogP contribution in [0, 0.1) is 17.8 Å². The first-order valence-electron chi connectivity index (χ1n) is 8.58. The van der Waals surface area contributed by atoms with E-state index in [2.05, 4.69) is 32.6 Å². The first-order chi connectivity index (χ1) is 9.45. The average molecular weight is 281 g/mol. The number of hydrogen-bond acceptors (Lipinski definition) is 1. The van der Waals surface area contributed by atoms with Gasteiger partial charge in [0.1, 0.15) is 0 Å². The zero-order valence-corrected chi connectivity index (χ0v) is 13.8. The van der Waals surface area contributed by atoms with Gasteiger partial charge >= 0.3 is 0 Å². The Labute approximate surface area is 124 Å². The van der Waals surface area contributed by atoms with Gasteiger partial charge in [0.25, 0.3) is 0 Å². The van der Waals surface area contributed by atoms with Crippen LogP contribution in [0.15, 0.2) is 0 Å². The van der Waals surface area contributed by atoms with Crippen molar-refractivity contribution in [2.75, 3.05) is 26.2 Å². The number of nitrogens with one attached hydrogen (secondary N) is 1. The standard InChI is InChI=1S/C17H32N2O/c1-13(2)9-17(20)18-7-5-16(6-8-18)19-11-14(3)10-15(4)12-19/h13-16H,5-12H2,1-4H3/p+1/t14-,15+. The Hall–Kier alpha value is -0.570. The number of carbonyl (C=O) groups is 1. The molecule has 20 heavy (non-hydrogen) atoms. The van der Waals surface area contributed by atoms with E-state index in [4.69, 9.17) is 0 Å². The molecule has 2 saturated heterocycles. The van der Waals surface area contributed by atoms with Gasteiger partial charge in [-0.25, -0.2) is 0 Å². The molecule has 2 aliphatic heterocycles. The van der Waals surface area contributed by atoms with Crippen molar-refractivity contribution in [3.05, 3.63) is 0 Å². The highest BCUT2D eigenvalue weighted by atomic mass is 16.2. The molecule has 1 N–H and O–H groups in total. The Balaban J connectivity index is 1.80. The van der Waals surface area contributed by atoms with Gasteiger partial charge in [-0.3, -0.25) is 4.79 Å². The van der Waals surface area contributed by atoms with Crippen molar-refractivity contribution in [2.45, 2.75) is 59.4 Å². The summed E-state index contributed by atoms with van der Waals surface area (Å²) in [5.41, 5.74) is 0. The van der Waals surface area contributed by atoms with Crippen LogP contribution in [-0.4, -0.2) is 43.0 Å². The van der Waals surface area contributed by atoms with Gasteiger partial charge < -0.3 is 9.80 Å². The van der Waals surface area contributed by atoms with Crippen molar-refractivity contribution in [3.8, 4) is 0 Å². The summed E-state index contributed by atoms with van der Waals surface area (Å²) in [6.45, 7) is 13.7. The number of rotatable bonds is 3. The second-order valence-corrected chi connectivity index (χ2v) is 7.77. The zero-order valence-electron chi connectivity index (χ0n) is 13.8. The van der Waals surface area contributed by atoms with E-state index >= 15 is 0 Å². The van der Waals surface area contributed by atoms with Crippen molar-refractivity contribution >= 4 is 5.91 Å². The largest absolute Gasteiger partial charge is 0.342 e. The van der Waals surface area contributed by atoms with Crippen LogP contribution in [0.5, 0.6) is 0 Å². The van der Waals surface area contributed by atoms with E-state index in [1.165, 1.54) is 32.4 Å². The summed E-state index contributed by atoms with van der Waals surface area (Å²) < 4.78 is 0. The molecular weight excluding hydrogens is 248 g/mol. The predicted molar refractivity (Wildman–Crippen MR) is 82.7 cm³/mol. The zero-order chi connectivity index (χ0) is 14.7. The SMILES string of the molecule is CC(C)CC(=O)N1CCC([NH+]2C[C@H](C)C[C@H](C)C2)CC1. The van der Waals surface area contributed by atoms with E-state index in [9.17, 15) is 4.79 Å². The molecule has 0 radical (unpaired) electrons. The highest BCUT2D eigenvalue weighted by molar-refractivity contribution is 5.76. The van der Waals surface area contributed by atoms with Crippen LogP contribution in [-0.2, 0) is 4.79 Å². The molecule has 1 unspecified atom stereocenters. The second kappa shape index (κ2) is 6.93. The second-order valence-electron chi connectivity index (χ2n) is 7.77. The third-order valence-corrected chi connectivity index (χ3v) is 5.03. The molecule has 1 amide bonds. The van der Waals surface area contributed by atoms with Gasteiger partial charge in [0.15, 0.2) is 0 Å². The number of amides is 1. The van der Waals surface area contributed by atoms with E-state index in [0.717, 1.165) is 37.4 Å². The maximum atomic E-state index is 12.1. The minimum absolute atomic E-state index is 0.369. The number of likely N-dealkylation sites (tertiary alicyclic amines) is 2. The molecule has 2 aliphatic rings. The van der Waals surface area contributed by atoms with Crippen molar-refractivity contribution in [1.29, 1.82) is 0 Å². The lowest BCUT2D eigenvalue weighted by atomic mass is 9.89. The first-order valence-corrected chi connectivity index (χ1v) is 8.58. The molecule has 0 aromatic carbocycles. The Morgan fingerprint density at radius 3 is 2.20 bits per heavy atom. The molecule has 0 aromatic rings. The Kier molecular flexibility index (Phi) is 5.48. The van der Waals surface area contributed by atoms with Crippen LogP contribution in [0.25, 0.3) is 0 Å². The van der Waals surface area contributed by atoms with E-state index in [1.54, 1.807) is 0 Å². The van der Waals surface area contributed by atoms with Crippen LogP contribution >= 0.6 is 0 Å². The number of hydrogen-bond donors (Lipinski definition) is 1. The summed E-state index contributed by atoms with van der Waals surface area (Å²) >= 11 is 0. The lowest BCUT2D eigenvalue weighted by Gasteiger charge is -2.41. The molecule has 0 bridgehead atoms. The van der Waals surface area contributed by atoms with Crippen LogP contribution in [0.3, 0.4) is 0 Å². The van der Waals surface area contributed by atoms with E-state index in [1.807, 2.05) is 4.90 Å². The third kappa shape index (κ3) is 4.21. The fourth-order valence-corrected chi connectivity index (χ4v) is 4.18. The van der Waals surface area contributed by atoms with Crippen LogP contribution in [0.2, 0.25) is 0 Å².